The molecule has 1 aromatic heterocycles. The molecule has 84 valence electrons. The van der Waals surface area contributed by atoms with Gasteiger partial charge in [-0.25, -0.2) is 0 Å². The first-order chi connectivity index (χ1) is 7.24. The van der Waals surface area contributed by atoms with Crippen molar-refractivity contribution in [3.63, 3.8) is 0 Å². The van der Waals surface area contributed by atoms with Gasteiger partial charge in [-0.2, -0.15) is 0 Å². The van der Waals surface area contributed by atoms with E-state index in [4.69, 9.17) is 11.6 Å². The largest absolute Gasteiger partial charge is 0.312 e. The monoisotopic (exact) mass is 243 g/mol. The Kier molecular flexibility index (Phi) is 4.06. The molecule has 3 heteroatoms. The minimum absolute atomic E-state index is 0.867. The van der Waals surface area contributed by atoms with Crippen molar-refractivity contribution in [2.24, 2.45) is 11.8 Å². The fraction of sp³-hybridized carbons (Fsp3) is 0.667. The van der Waals surface area contributed by atoms with Gasteiger partial charge in [0, 0.05) is 16.8 Å². The Morgan fingerprint density at radius 1 is 1.53 bits per heavy atom. The smallest absolute Gasteiger partial charge is 0.0516 e. The molecular weight excluding hydrogens is 226 g/mol. The standard InChI is InChI=1S/C12H18ClNS/c1-9-2-3-10(4-9)6-14-7-12-5-11(13)8-15-12/h5,8-10,14H,2-4,6-7H2,1H3. The lowest BCUT2D eigenvalue weighted by Crippen LogP contribution is -2.20. The fourth-order valence-electron chi connectivity index (χ4n) is 2.36. The zero-order valence-electron chi connectivity index (χ0n) is 9.13. The Hall–Kier alpha value is -0.0500. The lowest BCUT2D eigenvalue weighted by Gasteiger charge is -2.09. The molecule has 2 atom stereocenters. The summed E-state index contributed by atoms with van der Waals surface area (Å²) in [4.78, 5) is 1.34. The van der Waals surface area contributed by atoms with Crippen molar-refractivity contribution in [2.75, 3.05) is 6.54 Å². The van der Waals surface area contributed by atoms with Crippen LogP contribution in [0.15, 0.2) is 11.4 Å². The molecule has 1 nitrogen and oxygen atoms in total. The molecule has 1 N–H and O–H groups in total. The Bertz CT molecular complexity index is 310. The van der Waals surface area contributed by atoms with E-state index in [0.717, 1.165) is 23.4 Å². The summed E-state index contributed by atoms with van der Waals surface area (Å²) in [6, 6.07) is 2.05. The summed E-state index contributed by atoms with van der Waals surface area (Å²) in [6.45, 7) is 4.50. The van der Waals surface area contributed by atoms with Crippen LogP contribution in [-0.4, -0.2) is 6.54 Å². The molecule has 0 bridgehead atoms. The van der Waals surface area contributed by atoms with Crippen LogP contribution >= 0.6 is 22.9 Å². The molecule has 15 heavy (non-hydrogen) atoms. The molecule has 1 aliphatic rings. The maximum Gasteiger partial charge on any atom is 0.0516 e. The second-order valence-electron chi connectivity index (χ2n) is 4.65. The summed E-state index contributed by atoms with van der Waals surface area (Å²) in [7, 11) is 0. The lowest BCUT2D eigenvalue weighted by atomic mass is 10.1. The van der Waals surface area contributed by atoms with Gasteiger partial charge < -0.3 is 5.32 Å². The van der Waals surface area contributed by atoms with Gasteiger partial charge in [0.2, 0.25) is 0 Å². The van der Waals surface area contributed by atoms with Crippen LogP contribution < -0.4 is 5.32 Å². The number of thiophene rings is 1. The minimum Gasteiger partial charge on any atom is -0.312 e. The van der Waals surface area contributed by atoms with Crippen LogP contribution in [0.25, 0.3) is 0 Å². The first-order valence-electron chi connectivity index (χ1n) is 5.67. The van der Waals surface area contributed by atoms with Gasteiger partial charge in [0.25, 0.3) is 0 Å². The topological polar surface area (TPSA) is 12.0 Å². The normalized spacial score (nSPS) is 26.0. The maximum absolute atomic E-state index is 5.87. The Balaban J connectivity index is 1.67. The lowest BCUT2D eigenvalue weighted by molar-refractivity contribution is 0.472. The van der Waals surface area contributed by atoms with E-state index in [2.05, 4.69) is 18.3 Å². The van der Waals surface area contributed by atoms with Gasteiger partial charge in [0.1, 0.15) is 0 Å². The predicted octanol–water partition coefficient (Wildman–Crippen LogP) is 3.93. The van der Waals surface area contributed by atoms with Crippen LogP contribution in [0.1, 0.15) is 31.1 Å². The molecule has 0 saturated heterocycles. The summed E-state index contributed by atoms with van der Waals surface area (Å²) in [6.07, 6.45) is 4.22. The van der Waals surface area contributed by atoms with Crippen molar-refractivity contribution >= 4 is 22.9 Å². The Labute approximate surface area is 101 Å². The zero-order chi connectivity index (χ0) is 10.7. The number of rotatable bonds is 4. The van der Waals surface area contributed by atoms with Crippen LogP contribution in [0.2, 0.25) is 5.02 Å². The van der Waals surface area contributed by atoms with Crippen molar-refractivity contribution in [1.29, 1.82) is 0 Å². The molecule has 2 rings (SSSR count). The molecule has 2 unspecified atom stereocenters. The van der Waals surface area contributed by atoms with Crippen molar-refractivity contribution in [1.82, 2.24) is 5.32 Å². The van der Waals surface area contributed by atoms with Gasteiger partial charge in [0.15, 0.2) is 0 Å². The third-order valence-corrected chi connectivity index (χ3v) is 4.44. The van der Waals surface area contributed by atoms with Gasteiger partial charge >= 0.3 is 0 Å². The molecular formula is C12H18ClNS. The molecule has 1 heterocycles. The number of hydrogen-bond acceptors (Lipinski definition) is 2. The highest BCUT2D eigenvalue weighted by Gasteiger charge is 2.20. The first kappa shape index (κ1) is 11.4. The van der Waals surface area contributed by atoms with Crippen LogP contribution in [0.5, 0.6) is 0 Å². The van der Waals surface area contributed by atoms with Crippen molar-refractivity contribution in [3.05, 3.63) is 21.3 Å². The third kappa shape index (κ3) is 3.47. The number of nitrogens with one attached hydrogen (secondary N) is 1. The summed E-state index contributed by atoms with van der Waals surface area (Å²) < 4.78 is 0. The van der Waals surface area contributed by atoms with E-state index in [0.29, 0.717) is 0 Å². The van der Waals surface area contributed by atoms with Gasteiger partial charge in [-0.3, -0.25) is 0 Å². The minimum atomic E-state index is 0.867. The SMILES string of the molecule is CC1CCC(CNCc2cc(Cl)cs2)C1. The van der Waals surface area contributed by atoms with E-state index in [1.807, 2.05) is 5.38 Å². The molecule has 0 radical (unpaired) electrons. The van der Waals surface area contributed by atoms with E-state index >= 15 is 0 Å². The summed E-state index contributed by atoms with van der Waals surface area (Å²) in [5.41, 5.74) is 0. The molecule has 0 aliphatic heterocycles. The quantitative estimate of drug-likeness (QED) is 0.845. The highest BCUT2D eigenvalue weighted by molar-refractivity contribution is 7.10. The summed E-state index contributed by atoms with van der Waals surface area (Å²) in [5.74, 6) is 1.84. The van der Waals surface area contributed by atoms with E-state index in [9.17, 15) is 0 Å². The van der Waals surface area contributed by atoms with Crippen LogP contribution in [0.4, 0.5) is 0 Å². The fourth-order valence-corrected chi connectivity index (χ4v) is 3.40. The number of hydrogen-bond donors (Lipinski definition) is 1. The van der Waals surface area contributed by atoms with Gasteiger partial charge in [-0.05, 0) is 37.3 Å². The average molecular weight is 244 g/mol. The zero-order valence-corrected chi connectivity index (χ0v) is 10.7. The predicted molar refractivity (Wildman–Crippen MR) is 67.5 cm³/mol. The molecule has 1 fully saturated rings. The van der Waals surface area contributed by atoms with E-state index in [-0.39, 0.29) is 0 Å². The Morgan fingerprint density at radius 3 is 3.00 bits per heavy atom. The first-order valence-corrected chi connectivity index (χ1v) is 6.93. The number of halogens is 1. The average Bonchev–Trinajstić information content (AvgIpc) is 2.76. The van der Waals surface area contributed by atoms with Crippen molar-refractivity contribution in [2.45, 2.75) is 32.7 Å². The van der Waals surface area contributed by atoms with Crippen LogP contribution in [-0.2, 0) is 6.54 Å². The molecule has 1 aromatic rings. The van der Waals surface area contributed by atoms with E-state index < -0.39 is 0 Å². The van der Waals surface area contributed by atoms with E-state index in [1.165, 1.54) is 30.7 Å². The second kappa shape index (κ2) is 5.33. The summed E-state index contributed by atoms with van der Waals surface area (Å²) in [5, 5.41) is 6.39. The van der Waals surface area contributed by atoms with Gasteiger partial charge in [0.05, 0.1) is 5.02 Å². The highest BCUT2D eigenvalue weighted by atomic mass is 35.5. The van der Waals surface area contributed by atoms with Crippen LogP contribution in [0, 0.1) is 11.8 Å². The maximum atomic E-state index is 5.87. The molecule has 0 spiro atoms. The molecule has 0 amide bonds. The van der Waals surface area contributed by atoms with Crippen molar-refractivity contribution < 1.29 is 0 Å². The Morgan fingerprint density at radius 2 is 2.40 bits per heavy atom. The molecule has 0 aromatic carbocycles. The molecule has 1 saturated carbocycles. The van der Waals surface area contributed by atoms with E-state index in [1.54, 1.807) is 11.3 Å². The molecule has 1 aliphatic carbocycles. The highest BCUT2D eigenvalue weighted by Crippen LogP contribution is 2.29. The third-order valence-electron chi connectivity index (χ3n) is 3.16. The van der Waals surface area contributed by atoms with Crippen LogP contribution in [0.3, 0.4) is 0 Å². The van der Waals surface area contributed by atoms with Gasteiger partial charge in [-0.15, -0.1) is 11.3 Å². The van der Waals surface area contributed by atoms with Crippen molar-refractivity contribution in [3.8, 4) is 0 Å². The van der Waals surface area contributed by atoms with Gasteiger partial charge in [-0.1, -0.05) is 24.9 Å². The second-order valence-corrected chi connectivity index (χ2v) is 6.08. The summed E-state index contributed by atoms with van der Waals surface area (Å²) >= 11 is 7.61.